The first kappa shape index (κ1) is 13.0. The van der Waals surface area contributed by atoms with E-state index in [0.717, 1.165) is 5.70 Å². The molecular weight excluding hydrogens is 170 g/mol. The Balaban J connectivity index is 0.000000791. The lowest BCUT2D eigenvalue weighted by Crippen LogP contribution is -2.16. The second kappa shape index (κ2) is 7.43. The van der Waals surface area contributed by atoms with Crippen LogP contribution in [-0.4, -0.2) is 18.0 Å². The summed E-state index contributed by atoms with van der Waals surface area (Å²) >= 11 is 0. The quantitative estimate of drug-likeness (QED) is 0.617. The fourth-order valence-electron chi connectivity index (χ4n) is 1.42. The van der Waals surface area contributed by atoms with Gasteiger partial charge in [0.25, 0.3) is 0 Å². The van der Waals surface area contributed by atoms with Crippen LogP contribution in [0, 0.1) is 0 Å². The summed E-state index contributed by atoms with van der Waals surface area (Å²) in [5.41, 5.74) is 2.32. The normalized spacial score (nSPS) is 15.9. The van der Waals surface area contributed by atoms with Gasteiger partial charge in [-0.05, 0) is 31.4 Å². The van der Waals surface area contributed by atoms with E-state index in [9.17, 15) is 0 Å². The van der Waals surface area contributed by atoms with Gasteiger partial charge in [-0.3, -0.25) is 0 Å². The van der Waals surface area contributed by atoms with Gasteiger partial charge in [-0.2, -0.15) is 0 Å². The smallest absolute Gasteiger partial charge is 0.0295 e. The van der Waals surface area contributed by atoms with Crippen molar-refractivity contribution < 1.29 is 0 Å². The number of hydrogen-bond acceptors (Lipinski definition) is 1. The van der Waals surface area contributed by atoms with Crippen LogP contribution in [0.5, 0.6) is 0 Å². The summed E-state index contributed by atoms with van der Waals surface area (Å²) in [4.78, 5) is 2.33. The van der Waals surface area contributed by atoms with Gasteiger partial charge in [0, 0.05) is 18.8 Å². The third kappa shape index (κ3) is 4.31. The third-order valence-corrected chi connectivity index (χ3v) is 2.23. The van der Waals surface area contributed by atoms with Crippen LogP contribution in [0.25, 0.3) is 0 Å². The van der Waals surface area contributed by atoms with Crippen molar-refractivity contribution in [3.05, 3.63) is 36.6 Å². The van der Waals surface area contributed by atoms with E-state index in [-0.39, 0.29) is 0 Å². The van der Waals surface area contributed by atoms with Crippen molar-refractivity contribution in [1.82, 2.24) is 4.90 Å². The van der Waals surface area contributed by atoms with Gasteiger partial charge >= 0.3 is 0 Å². The van der Waals surface area contributed by atoms with Crippen molar-refractivity contribution in [1.29, 1.82) is 0 Å². The summed E-state index contributed by atoms with van der Waals surface area (Å²) in [6, 6.07) is 0. The Labute approximate surface area is 88.8 Å². The van der Waals surface area contributed by atoms with Crippen LogP contribution in [0.1, 0.15) is 33.6 Å². The second-order valence-electron chi connectivity index (χ2n) is 3.28. The molecule has 0 aromatic rings. The first-order valence-corrected chi connectivity index (χ1v) is 5.48. The van der Waals surface area contributed by atoms with Gasteiger partial charge < -0.3 is 4.90 Å². The summed E-state index contributed by atoms with van der Waals surface area (Å²) < 4.78 is 0. The van der Waals surface area contributed by atoms with Crippen LogP contribution in [0.15, 0.2) is 36.6 Å². The molecule has 0 atom stereocenters. The van der Waals surface area contributed by atoms with Crippen LogP contribution in [0.3, 0.4) is 0 Å². The highest BCUT2D eigenvalue weighted by Crippen LogP contribution is 2.15. The van der Waals surface area contributed by atoms with Crippen LogP contribution in [0.4, 0.5) is 0 Å². The fraction of sp³-hybridized carbons (Fsp3) is 0.538. The molecule has 0 spiro atoms. The zero-order chi connectivity index (χ0) is 11.0. The minimum Gasteiger partial charge on any atom is -0.372 e. The molecule has 0 aromatic carbocycles. The van der Waals surface area contributed by atoms with E-state index in [1.807, 2.05) is 26.8 Å². The molecule has 0 bridgehead atoms. The Bertz CT molecular complexity index is 207. The topological polar surface area (TPSA) is 3.24 Å². The van der Waals surface area contributed by atoms with Crippen molar-refractivity contribution in [2.24, 2.45) is 0 Å². The molecule has 1 aliphatic rings. The summed E-state index contributed by atoms with van der Waals surface area (Å²) in [6.45, 7) is 16.1. The monoisotopic (exact) mass is 193 g/mol. The zero-order valence-corrected chi connectivity index (χ0v) is 9.84. The average molecular weight is 193 g/mol. The zero-order valence-electron chi connectivity index (χ0n) is 9.84. The number of rotatable bonds is 3. The van der Waals surface area contributed by atoms with Gasteiger partial charge in [0.05, 0.1) is 0 Å². The van der Waals surface area contributed by atoms with Crippen molar-refractivity contribution in [2.75, 3.05) is 13.1 Å². The van der Waals surface area contributed by atoms with E-state index in [1.54, 1.807) is 0 Å². The molecule has 1 aliphatic heterocycles. The van der Waals surface area contributed by atoms with E-state index in [2.05, 4.69) is 24.1 Å². The molecule has 1 rings (SSSR count). The molecule has 0 aromatic heterocycles. The van der Waals surface area contributed by atoms with E-state index >= 15 is 0 Å². The maximum absolute atomic E-state index is 4.03. The lowest BCUT2D eigenvalue weighted by atomic mass is 10.2. The third-order valence-electron chi connectivity index (χ3n) is 2.23. The van der Waals surface area contributed by atoms with Crippen molar-refractivity contribution in [3.63, 3.8) is 0 Å². The highest BCUT2D eigenvalue weighted by molar-refractivity contribution is 5.25. The van der Waals surface area contributed by atoms with Crippen molar-refractivity contribution >= 4 is 0 Å². The molecular formula is C13H23N. The molecule has 0 aliphatic carbocycles. The van der Waals surface area contributed by atoms with E-state index in [1.165, 1.54) is 31.5 Å². The predicted molar refractivity (Wildman–Crippen MR) is 65.2 cm³/mol. The van der Waals surface area contributed by atoms with Crippen LogP contribution in [0.2, 0.25) is 0 Å². The summed E-state index contributed by atoms with van der Waals surface area (Å²) in [7, 11) is 0. The molecule has 14 heavy (non-hydrogen) atoms. The lowest BCUT2D eigenvalue weighted by Gasteiger charge is -2.17. The van der Waals surface area contributed by atoms with Crippen molar-refractivity contribution in [3.8, 4) is 0 Å². The van der Waals surface area contributed by atoms with Crippen LogP contribution >= 0.6 is 0 Å². The fourth-order valence-corrected chi connectivity index (χ4v) is 1.42. The Morgan fingerprint density at radius 1 is 1.21 bits per heavy atom. The Hall–Kier alpha value is -0.980. The van der Waals surface area contributed by atoms with E-state index < -0.39 is 0 Å². The SMILES string of the molecule is C=C/C(C)=C\C(=C)N1CCCC1.CC. The molecule has 0 N–H and O–H groups in total. The largest absolute Gasteiger partial charge is 0.372 e. The van der Waals surface area contributed by atoms with Crippen LogP contribution in [-0.2, 0) is 0 Å². The van der Waals surface area contributed by atoms with Gasteiger partial charge in [0.1, 0.15) is 0 Å². The Morgan fingerprint density at radius 2 is 1.71 bits per heavy atom. The Kier molecular flexibility index (Phi) is 6.91. The number of nitrogens with zero attached hydrogens (tertiary/aromatic N) is 1. The number of hydrogen-bond donors (Lipinski definition) is 0. The molecule has 0 amide bonds. The van der Waals surface area contributed by atoms with Gasteiger partial charge in [-0.25, -0.2) is 0 Å². The van der Waals surface area contributed by atoms with Crippen LogP contribution < -0.4 is 0 Å². The van der Waals surface area contributed by atoms with Gasteiger partial charge in [0.2, 0.25) is 0 Å². The first-order chi connectivity index (χ1) is 6.74. The Morgan fingerprint density at radius 3 is 2.14 bits per heavy atom. The highest BCUT2D eigenvalue weighted by atomic mass is 15.1. The molecule has 1 saturated heterocycles. The molecule has 0 saturated carbocycles. The maximum atomic E-state index is 4.03. The maximum Gasteiger partial charge on any atom is 0.0295 e. The summed E-state index contributed by atoms with van der Waals surface area (Å²) in [6.07, 6.45) is 6.57. The molecule has 80 valence electrons. The van der Waals surface area contributed by atoms with Crippen molar-refractivity contribution in [2.45, 2.75) is 33.6 Å². The van der Waals surface area contributed by atoms with Gasteiger partial charge in [-0.1, -0.05) is 33.1 Å². The minimum atomic E-state index is 1.13. The number of likely N-dealkylation sites (tertiary alicyclic amines) is 1. The molecule has 0 radical (unpaired) electrons. The summed E-state index contributed by atoms with van der Waals surface area (Å²) in [5, 5.41) is 0. The second-order valence-corrected chi connectivity index (χ2v) is 3.28. The summed E-state index contributed by atoms with van der Waals surface area (Å²) in [5.74, 6) is 0. The molecule has 1 heteroatoms. The lowest BCUT2D eigenvalue weighted by molar-refractivity contribution is 0.442. The minimum absolute atomic E-state index is 1.13. The standard InChI is InChI=1S/C11H17N.C2H6/c1-4-10(2)9-11(3)12-7-5-6-8-12;1-2/h4,9H,1,3,5-8H2,2H3;1-2H3/b10-9-;. The molecule has 1 fully saturated rings. The highest BCUT2D eigenvalue weighted by Gasteiger charge is 2.10. The number of allylic oxidation sites excluding steroid dienone is 3. The van der Waals surface area contributed by atoms with Gasteiger partial charge in [0.15, 0.2) is 0 Å². The molecule has 1 heterocycles. The first-order valence-electron chi connectivity index (χ1n) is 5.48. The molecule has 1 nitrogen and oxygen atoms in total. The predicted octanol–water partition coefficient (Wildman–Crippen LogP) is 3.75. The van der Waals surface area contributed by atoms with Gasteiger partial charge in [-0.15, -0.1) is 0 Å². The molecule has 0 unspecified atom stereocenters. The van der Waals surface area contributed by atoms with E-state index in [4.69, 9.17) is 0 Å². The van der Waals surface area contributed by atoms with E-state index in [0.29, 0.717) is 0 Å². The average Bonchev–Trinajstić information content (AvgIpc) is 2.73.